The van der Waals surface area contributed by atoms with Gasteiger partial charge in [0.1, 0.15) is 5.82 Å². The summed E-state index contributed by atoms with van der Waals surface area (Å²) in [5.74, 6) is -0.429. The number of carbonyl (C=O) groups is 1. The molecule has 0 radical (unpaired) electrons. The van der Waals surface area contributed by atoms with Crippen LogP contribution in [0.5, 0.6) is 0 Å². The lowest BCUT2D eigenvalue weighted by molar-refractivity contribution is -0.122. The first kappa shape index (κ1) is 13.0. The third-order valence-electron chi connectivity index (χ3n) is 3.61. The zero-order valence-corrected chi connectivity index (χ0v) is 10.6. The molecule has 4 heteroatoms. The fourth-order valence-corrected chi connectivity index (χ4v) is 2.39. The van der Waals surface area contributed by atoms with E-state index in [1.54, 1.807) is 19.1 Å². The second kappa shape index (κ2) is 5.06. The number of nitrogens with two attached hydrogens (primary N) is 1. The fraction of sp³-hybridized carbons (Fsp3) is 0.500. The normalized spacial score (nSPS) is 18.4. The molecule has 1 aliphatic carbocycles. The van der Waals surface area contributed by atoms with Crippen molar-refractivity contribution in [1.29, 1.82) is 0 Å². The molecular formula is C14H19FN2O. The highest BCUT2D eigenvalue weighted by Gasteiger charge is 2.35. The van der Waals surface area contributed by atoms with E-state index >= 15 is 0 Å². The summed E-state index contributed by atoms with van der Waals surface area (Å²) in [6.45, 7) is 1.67. The molecule has 1 aromatic carbocycles. The molecular weight excluding hydrogens is 231 g/mol. The number of amides is 1. The first-order valence-corrected chi connectivity index (χ1v) is 6.38. The second-order valence-electron chi connectivity index (χ2n) is 5.13. The van der Waals surface area contributed by atoms with Crippen molar-refractivity contribution in [2.24, 2.45) is 5.73 Å². The van der Waals surface area contributed by atoms with Crippen molar-refractivity contribution in [3.8, 4) is 0 Å². The van der Waals surface area contributed by atoms with E-state index in [2.05, 4.69) is 5.32 Å². The molecule has 1 saturated carbocycles. The van der Waals surface area contributed by atoms with Crippen molar-refractivity contribution >= 4 is 11.6 Å². The third kappa shape index (κ3) is 2.70. The van der Waals surface area contributed by atoms with Gasteiger partial charge in [-0.25, -0.2) is 4.39 Å². The van der Waals surface area contributed by atoms with Gasteiger partial charge in [0.2, 0.25) is 5.91 Å². The molecule has 1 aliphatic rings. The van der Waals surface area contributed by atoms with Crippen molar-refractivity contribution in [2.75, 3.05) is 5.32 Å². The summed E-state index contributed by atoms with van der Waals surface area (Å²) < 4.78 is 13.1. The number of hydrogen-bond acceptors (Lipinski definition) is 2. The zero-order chi connectivity index (χ0) is 13.2. The largest absolute Gasteiger partial charge is 0.324 e. The van der Waals surface area contributed by atoms with Gasteiger partial charge in [-0.2, -0.15) is 0 Å². The molecule has 0 saturated heterocycles. The third-order valence-corrected chi connectivity index (χ3v) is 3.61. The Morgan fingerprint density at radius 3 is 2.61 bits per heavy atom. The van der Waals surface area contributed by atoms with Crippen LogP contribution in [-0.2, 0) is 4.79 Å². The van der Waals surface area contributed by atoms with E-state index in [-0.39, 0.29) is 11.7 Å². The molecule has 0 heterocycles. The van der Waals surface area contributed by atoms with Crippen molar-refractivity contribution in [1.82, 2.24) is 0 Å². The first-order chi connectivity index (χ1) is 8.51. The maximum absolute atomic E-state index is 13.1. The number of nitrogens with one attached hydrogen (secondary N) is 1. The van der Waals surface area contributed by atoms with Crippen LogP contribution in [0, 0.1) is 12.7 Å². The Labute approximate surface area is 107 Å². The van der Waals surface area contributed by atoms with Gasteiger partial charge in [-0.1, -0.05) is 19.3 Å². The molecule has 0 aromatic heterocycles. The number of carbonyl (C=O) groups excluding carboxylic acids is 1. The zero-order valence-electron chi connectivity index (χ0n) is 10.6. The number of anilines is 1. The number of rotatable bonds is 2. The van der Waals surface area contributed by atoms with Gasteiger partial charge in [0.15, 0.2) is 0 Å². The highest BCUT2D eigenvalue weighted by molar-refractivity contribution is 5.98. The molecule has 0 bridgehead atoms. The molecule has 1 amide bonds. The Kier molecular flexibility index (Phi) is 3.66. The molecule has 0 aliphatic heterocycles. The predicted octanol–water partition coefficient (Wildman–Crippen LogP) is 2.73. The molecule has 1 fully saturated rings. The molecule has 1 aromatic rings. The minimum Gasteiger partial charge on any atom is -0.324 e. The van der Waals surface area contributed by atoms with Crippen LogP contribution in [0.15, 0.2) is 18.2 Å². The van der Waals surface area contributed by atoms with Crippen LogP contribution in [-0.4, -0.2) is 11.4 Å². The molecule has 3 nitrogen and oxygen atoms in total. The highest BCUT2D eigenvalue weighted by Crippen LogP contribution is 2.27. The summed E-state index contributed by atoms with van der Waals surface area (Å²) in [7, 11) is 0. The van der Waals surface area contributed by atoms with Crippen molar-refractivity contribution in [3.63, 3.8) is 0 Å². The van der Waals surface area contributed by atoms with Gasteiger partial charge in [-0.15, -0.1) is 0 Å². The van der Waals surface area contributed by atoms with Crippen LogP contribution in [0.1, 0.15) is 37.7 Å². The van der Waals surface area contributed by atoms with Crippen molar-refractivity contribution < 1.29 is 9.18 Å². The summed E-state index contributed by atoms with van der Waals surface area (Å²) in [6, 6.07) is 4.54. The SMILES string of the molecule is Cc1cc(NC(=O)C2(N)CCCCC2)ccc1F. The van der Waals surface area contributed by atoms with Crippen LogP contribution in [0.3, 0.4) is 0 Å². The Morgan fingerprint density at radius 1 is 1.33 bits per heavy atom. The summed E-state index contributed by atoms with van der Waals surface area (Å²) in [6.07, 6.45) is 4.57. The fourth-order valence-electron chi connectivity index (χ4n) is 2.39. The highest BCUT2D eigenvalue weighted by atomic mass is 19.1. The maximum atomic E-state index is 13.1. The van der Waals surface area contributed by atoms with Crippen LogP contribution in [0.25, 0.3) is 0 Å². The van der Waals surface area contributed by atoms with Crippen molar-refractivity contribution in [3.05, 3.63) is 29.6 Å². The van der Waals surface area contributed by atoms with Gasteiger partial charge in [-0.3, -0.25) is 4.79 Å². The van der Waals surface area contributed by atoms with Gasteiger partial charge >= 0.3 is 0 Å². The summed E-state index contributed by atoms with van der Waals surface area (Å²) in [5, 5.41) is 2.79. The topological polar surface area (TPSA) is 55.1 Å². The average Bonchev–Trinajstić information content (AvgIpc) is 2.35. The minimum atomic E-state index is -0.763. The minimum absolute atomic E-state index is 0.159. The number of hydrogen-bond donors (Lipinski definition) is 2. The lowest BCUT2D eigenvalue weighted by atomic mass is 9.82. The summed E-state index contributed by atoms with van der Waals surface area (Å²) in [5.41, 5.74) is 6.49. The van der Waals surface area contributed by atoms with Crippen LogP contribution in [0.4, 0.5) is 10.1 Å². The van der Waals surface area contributed by atoms with E-state index in [0.717, 1.165) is 32.1 Å². The van der Waals surface area contributed by atoms with E-state index in [1.807, 2.05) is 0 Å². The van der Waals surface area contributed by atoms with E-state index in [0.29, 0.717) is 11.3 Å². The standard InChI is InChI=1S/C14H19FN2O/c1-10-9-11(5-6-12(10)15)17-13(18)14(16)7-3-2-4-8-14/h5-6,9H,2-4,7-8,16H2,1H3,(H,17,18). The number of aryl methyl sites for hydroxylation is 1. The molecule has 3 N–H and O–H groups in total. The molecule has 18 heavy (non-hydrogen) atoms. The average molecular weight is 250 g/mol. The Balaban J connectivity index is 2.08. The van der Waals surface area contributed by atoms with E-state index in [9.17, 15) is 9.18 Å². The van der Waals surface area contributed by atoms with Gasteiger partial charge < -0.3 is 11.1 Å². The molecule has 98 valence electrons. The molecule has 0 unspecified atom stereocenters. The number of benzene rings is 1. The number of halogens is 1. The molecule has 2 rings (SSSR count). The Bertz CT molecular complexity index is 453. The van der Waals surface area contributed by atoms with E-state index in [1.165, 1.54) is 6.07 Å². The predicted molar refractivity (Wildman–Crippen MR) is 69.8 cm³/mol. The van der Waals surface area contributed by atoms with Crippen LogP contribution < -0.4 is 11.1 Å². The van der Waals surface area contributed by atoms with Gasteiger partial charge in [-0.05, 0) is 43.5 Å². The monoisotopic (exact) mass is 250 g/mol. The van der Waals surface area contributed by atoms with Gasteiger partial charge in [0.25, 0.3) is 0 Å². The smallest absolute Gasteiger partial charge is 0.244 e. The lowest BCUT2D eigenvalue weighted by Crippen LogP contribution is -2.52. The van der Waals surface area contributed by atoms with Gasteiger partial charge in [0.05, 0.1) is 5.54 Å². The van der Waals surface area contributed by atoms with Gasteiger partial charge in [0, 0.05) is 5.69 Å². The van der Waals surface area contributed by atoms with E-state index < -0.39 is 5.54 Å². The van der Waals surface area contributed by atoms with Crippen molar-refractivity contribution in [2.45, 2.75) is 44.6 Å². The second-order valence-corrected chi connectivity index (χ2v) is 5.13. The first-order valence-electron chi connectivity index (χ1n) is 6.38. The quantitative estimate of drug-likeness (QED) is 0.848. The summed E-state index contributed by atoms with van der Waals surface area (Å²) >= 11 is 0. The van der Waals surface area contributed by atoms with Crippen LogP contribution >= 0.6 is 0 Å². The molecule has 0 atom stereocenters. The lowest BCUT2D eigenvalue weighted by Gasteiger charge is -2.31. The maximum Gasteiger partial charge on any atom is 0.244 e. The Hall–Kier alpha value is -1.42. The molecule has 0 spiro atoms. The summed E-state index contributed by atoms with van der Waals surface area (Å²) in [4.78, 5) is 12.2. The van der Waals surface area contributed by atoms with Crippen LogP contribution in [0.2, 0.25) is 0 Å². The van der Waals surface area contributed by atoms with E-state index in [4.69, 9.17) is 5.73 Å². The Morgan fingerprint density at radius 2 is 2.00 bits per heavy atom.